The topological polar surface area (TPSA) is 118 Å². The average molecular weight is 528 g/mol. The SMILES string of the molecule is C.C=C1CC(OC(=O)C2(c3ccccc3)CCCCCC2)C1CC[NH3+].CC(=O)Nc1ccnnc1.COC. The van der Waals surface area contributed by atoms with Crippen LogP contribution in [-0.2, 0) is 24.5 Å². The fraction of sp³-hybridized carbons (Fsp3) is 0.533. The molecule has 2 fully saturated rings. The zero-order valence-electron chi connectivity index (χ0n) is 22.6. The standard InChI is InChI=1S/C21H29NO2.C6H7N3O.C2H6O.CH4/c1-16-15-19(18(16)11-14-22)24-20(23)21(12-7-2-3-8-13-21)17-9-5-4-6-10-17;1-5(10)9-6-2-3-7-8-4-6;1-3-2;/h4-6,9-10,18-19H,1-3,7-8,11-15,22H2;2-4H,1H3,(H,7,9,10);1-2H3;1H4/p+1. The quantitative estimate of drug-likeness (QED) is 0.318. The van der Waals surface area contributed by atoms with Gasteiger partial charge >= 0.3 is 5.97 Å². The number of anilines is 1. The van der Waals surface area contributed by atoms with Crippen molar-refractivity contribution in [3.05, 3.63) is 66.5 Å². The zero-order chi connectivity index (χ0) is 27.1. The number of benzene rings is 1. The molecule has 2 saturated carbocycles. The number of nitrogens with zero attached hydrogens (tertiary/aromatic N) is 2. The first-order valence-electron chi connectivity index (χ1n) is 13.1. The van der Waals surface area contributed by atoms with E-state index >= 15 is 0 Å². The molecule has 8 nitrogen and oxygen atoms in total. The molecule has 2 atom stereocenters. The van der Waals surface area contributed by atoms with E-state index in [1.165, 1.54) is 37.7 Å². The minimum Gasteiger partial charge on any atom is -0.461 e. The van der Waals surface area contributed by atoms with Gasteiger partial charge in [-0.2, -0.15) is 10.2 Å². The van der Waals surface area contributed by atoms with E-state index in [2.05, 4.69) is 44.7 Å². The van der Waals surface area contributed by atoms with Crippen molar-refractivity contribution in [1.82, 2.24) is 10.2 Å². The van der Waals surface area contributed by atoms with Crippen LogP contribution < -0.4 is 11.1 Å². The molecule has 0 saturated heterocycles. The minimum absolute atomic E-state index is 0. The Morgan fingerprint density at radius 1 is 1.08 bits per heavy atom. The van der Waals surface area contributed by atoms with Crippen LogP contribution in [0.25, 0.3) is 0 Å². The first kappa shape index (κ1) is 32.9. The van der Waals surface area contributed by atoms with Crippen molar-refractivity contribution >= 4 is 17.6 Å². The number of hydrogen-bond donors (Lipinski definition) is 2. The third-order valence-electron chi connectivity index (χ3n) is 6.79. The van der Waals surface area contributed by atoms with Crippen LogP contribution in [0.1, 0.15) is 71.3 Å². The lowest BCUT2D eigenvalue weighted by Crippen LogP contribution is -2.53. The minimum atomic E-state index is -0.455. The molecule has 1 aromatic heterocycles. The lowest BCUT2D eigenvalue weighted by molar-refractivity contribution is -0.371. The summed E-state index contributed by atoms with van der Waals surface area (Å²) in [6, 6.07) is 11.9. The first-order valence-corrected chi connectivity index (χ1v) is 13.1. The molecular weight excluding hydrogens is 480 g/mol. The summed E-state index contributed by atoms with van der Waals surface area (Å²) in [7, 11) is 3.25. The molecule has 1 heterocycles. The second kappa shape index (κ2) is 17.4. The molecule has 2 aliphatic carbocycles. The van der Waals surface area contributed by atoms with Gasteiger partial charge in [-0.3, -0.25) is 9.59 Å². The fourth-order valence-corrected chi connectivity index (χ4v) is 4.91. The second-order valence-corrected chi connectivity index (χ2v) is 9.64. The van der Waals surface area contributed by atoms with E-state index in [-0.39, 0.29) is 25.4 Å². The van der Waals surface area contributed by atoms with Crippen molar-refractivity contribution in [2.75, 3.05) is 26.1 Å². The summed E-state index contributed by atoms with van der Waals surface area (Å²) in [6.07, 6.45) is 11.2. The Bertz CT molecular complexity index is 961. The van der Waals surface area contributed by atoms with Crippen LogP contribution in [0.15, 0.2) is 60.9 Å². The van der Waals surface area contributed by atoms with E-state index < -0.39 is 5.41 Å². The molecule has 1 amide bonds. The number of nitrogens with one attached hydrogen (secondary N) is 1. The van der Waals surface area contributed by atoms with Crippen LogP contribution in [-0.4, -0.2) is 48.9 Å². The maximum Gasteiger partial charge on any atom is 0.316 e. The summed E-state index contributed by atoms with van der Waals surface area (Å²) >= 11 is 0. The van der Waals surface area contributed by atoms with Crippen molar-refractivity contribution in [3.8, 4) is 0 Å². The number of methoxy groups -OCH3 is 1. The number of hydrogen-bond acceptors (Lipinski definition) is 6. The molecular formula is C30H47N4O4+. The average Bonchev–Trinajstić information content (AvgIpc) is 3.16. The Morgan fingerprint density at radius 3 is 2.21 bits per heavy atom. The lowest BCUT2D eigenvalue weighted by atomic mass is 9.72. The van der Waals surface area contributed by atoms with Gasteiger partial charge in [-0.1, -0.05) is 75.6 Å². The second-order valence-electron chi connectivity index (χ2n) is 9.64. The Hall–Kier alpha value is -3.10. The normalized spacial score (nSPS) is 19.4. The van der Waals surface area contributed by atoms with Gasteiger partial charge in [-0.05, 0) is 24.5 Å². The maximum absolute atomic E-state index is 13.3. The number of ether oxygens (including phenoxy) is 2. The molecule has 0 aliphatic heterocycles. The van der Waals surface area contributed by atoms with E-state index in [4.69, 9.17) is 4.74 Å². The molecule has 0 bridgehead atoms. The number of aromatic nitrogens is 2. The number of quaternary nitrogens is 1. The van der Waals surface area contributed by atoms with Crippen molar-refractivity contribution < 1.29 is 24.8 Å². The summed E-state index contributed by atoms with van der Waals surface area (Å²) in [5.41, 5.74) is 6.49. The van der Waals surface area contributed by atoms with E-state index in [0.29, 0.717) is 11.6 Å². The molecule has 38 heavy (non-hydrogen) atoms. The van der Waals surface area contributed by atoms with Gasteiger partial charge in [-0.15, -0.1) is 0 Å². The van der Waals surface area contributed by atoms with Crippen molar-refractivity contribution in [3.63, 3.8) is 0 Å². The molecule has 2 unspecified atom stereocenters. The van der Waals surface area contributed by atoms with Crippen LogP contribution in [0.2, 0.25) is 0 Å². The highest BCUT2D eigenvalue weighted by Gasteiger charge is 2.45. The number of carbonyl (C=O) groups is 2. The molecule has 210 valence electrons. The molecule has 0 radical (unpaired) electrons. The van der Waals surface area contributed by atoms with Gasteiger partial charge in [0.1, 0.15) is 6.10 Å². The maximum atomic E-state index is 13.3. The molecule has 4 rings (SSSR count). The number of rotatable bonds is 6. The Labute approximate surface area is 228 Å². The van der Waals surface area contributed by atoms with Crippen LogP contribution in [0.5, 0.6) is 0 Å². The molecule has 2 aliphatic rings. The summed E-state index contributed by atoms with van der Waals surface area (Å²) in [6.45, 7) is 6.41. The third kappa shape index (κ3) is 9.65. The Balaban J connectivity index is 0.000000432. The Morgan fingerprint density at radius 2 is 1.71 bits per heavy atom. The molecule has 4 N–H and O–H groups in total. The Kier molecular flexibility index (Phi) is 15.1. The highest BCUT2D eigenvalue weighted by atomic mass is 16.5. The molecule has 0 spiro atoms. The third-order valence-corrected chi connectivity index (χ3v) is 6.79. The van der Waals surface area contributed by atoms with E-state index in [1.807, 2.05) is 18.2 Å². The van der Waals surface area contributed by atoms with Crippen LogP contribution in [0, 0.1) is 5.92 Å². The number of carbonyl (C=O) groups excluding carboxylic acids is 2. The fourth-order valence-electron chi connectivity index (χ4n) is 4.91. The largest absolute Gasteiger partial charge is 0.461 e. The lowest BCUT2D eigenvalue weighted by Gasteiger charge is -2.41. The van der Waals surface area contributed by atoms with E-state index in [0.717, 1.165) is 50.6 Å². The van der Waals surface area contributed by atoms with E-state index in [1.54, 1.807) is 20.3 Å². The van der Waals surface area contributed by atoms with Crippen molar-refractivity contribution in [2.24, 2.45) is 5.92 Å². The highest BCUT2D eigenvalue weighted by Crippen LogP contribution is 2.43. The van der Waals surface area contributed by atoms with Gasteiger partial charge < -0.3 is 20.5 Å². The zero-order valence-corrected chi connectivity index (χ0v) is 22.6. The number of esters is 1. The van der Waals surface area contributed by atoms with Gasteiger partial charge in [0.05, 0.1) is 30.0 Å². The van der Waals surface area contributed by atoms with E-state index in [9.17, 15) is 9.59 Å². The van der Waals surface area contributed by atoms with Gasteiger partial charge in [0.25, 0.3) is 0 Å². The summed E-state index contributed by atoms with van der Waals surface area (Å²) in [5.74, 6) is 0.195. The van der Waals surface area contributed by atoms with Gasteiger partial charge in [-0.25, -0.2) is 0 Å². The first-order chi connectivity index (χ1) is 17.9. The molecule has 1 aromatic carbocycles. The van der Waals surface area contributed by atoms with Gasteiger partial charge in [0.15, 0.2) is 0 Å². The predicted molar refractivity (Wildman–Crippen MR) is 151 cm³/mol. The predicted octanol–water partition coefficient (Wildman–Crippen LogP) is 4.73. The summed E-state index contributed by atoms with van der Waals surface area (Å²) < 4.78 is 10.3. The molecule has 8 heteroatoms. The monoisotopic (exact) mass is 527 g/mol. The summed E-state index contributed by atoms with van der Waals surface area (Å²) in [5, 5.41) is 9.69. The van der Waals surface area contributed by atoms with Crippen LogP contribution in [0.3, 0.4) is 0 Å². The van der Waals surface area contributed by atoms with Crippen molar-refractivity contribution in [2.45, 2.75) is 77.2 Å². The van der Waals surface area contributed by atoms with Gasteiger partial charge in [0, 0.05) is 39.9 Å². The molecule has 2 aromatic rings. The highest BCUT2D eigenvalue weighted by molar-refractivity contribution is 5.88. The van der Waals surface area contributed by atoms with Gasteiger partial charge in [0.2, 0.25) is 5.91 Å². The van der Waals surface area contributed by atoms with Crippen molar-refractivity contribution in [1.29, 1.82) is 0 Å². The smallest absolute Gasteiger partial charge is 0.316 e. The number of amides is 1. The van der Waals surface area contributed by atoms with Crippen LogP contribution in [0.4, 0.5) is 5.69 Å². The summed E-state index contributed by atoms with van der Waals surface area (Å²) in [4.78, 5) is 23.7. The van der Waals surface area contributed by atoms with Crippen LogP contribution >= 0.6 is 0 Å².